The van der Waals surface area contributed by atoms with Crippen LogP contribution in [0.15, 0.2) is 0 Å². The van der Waals surface area contributed by atoms with Crippen LogP contribution in [0, 0.1) is 0 Å². The molecule has 0 spiro atoms. The van der Waals surface area contributed by atoms with Crippen LogP contribution in [-0.2, 0) is 0 Å². The van der Waals surface area contributed by atoms with Crippen molar-refractivity contribution in [1.29, 1.82) is 0 Å². The van der Waals surface area contributed by atoms with E-state index in [0.29, 0.717) is 7.92 Å². The molecule has 0 radical (unpaired) electrons. The van der Waals surface area contributed by atoms with Gasteiger partial charge in [0, 0.05) is 0 Å². The fourth-order valence-corrected chi connectivity index (χ4v) is 4.26. The Morgan fingerprint density at radius 3 is 2.07 bits per heavy atom. The van der Waals surface area contributed by atoms with Crippen molar-refractivity contribution in [3.8, 4) is 0 Å². The largest absolute Gasteiger partial charge is 0.122 e. The Morgan fingerprint density at radius 2 is 1.50 bits per heavy atom. The van der Waals surface area contributed by atoms with E-state index < -0.39 is 0 Å². The van der Waals surface area contributed by atoms with Gasteiger partial charge in [0.1, 0.15) is 0 Å². The predicted octanol–water partition coefficient (Wildman–Crippen LogP) is 4.77. The molecule has 0 fully saturated rings. The molecular formula is C12H28P2. The van der Waals surface area contributed by atoms with E-state index in [0.717, 1.165) is 0 Å². The van der Waals surface area contributed by atoms with E-state index >= 15 is 0 Å². The molecular weight excluding hydrogens is 206 g/mol. The molecule has 86 valence electrons. The van der Waals surface area contributed by atoms with Crippen molar-refractivity contribution in [3.05, 3.63) is 0 Å². The molecule has 0 amide bonds. The van der Waals surface area contributed by atoms with E-state index in [1.54, 1.807) is 6.16 Å². The first-order valence-electron chi connectivity index (χ1n) is 6.28. The van der Waals surface area contributed by atoms with Crippen molar-refractivity contribution in [3.63, 3.8) is 0 Å². The van der Waals surface area contributed by atoms with Crippen LogP contribution in [0.4, 0.5) is 0 Å². The second-order valence-electron chi connectivity index (χ2n) is 3.79. The van der Waals surface area contributed by atoms with Crippen molar-refractivity contribution < 1.29 is 0 Å². The summed E-state index contributed by atoms with van der Waals surface area (Å²) >= 11 is 0. The predicted molar refractivity (Wildman–Crippen MR) is 75.1 cm³/mol. The molecule has 0 aromatic rings. The third-order valence-corrected chi connectivity index (χ3v) is 6.67. The molecule has 1 unspecified atom stereocenters. The third kappa shape index (κ3) is 9.42. The van der Waals surface area contributed by atoms with Gasteiger partial charge in [-0.3, -0.25) is 0 Å². The smallest absolute Gasteiger partial charge is 0.0326 e. The topological polar surface area (TPSA) is 0 Å². The van der Waals surface area contributed by atoms with Gasteiger partial charge in [0.25, 0.3) is 0 Å². The third-order valence-electron chi connectivity index (χ3n) is 2.72. The highest BCUT2D eigenvalue weighted by atomic mass is 31.1. The van der Waals surface area contributed by atoms with Gasteiger partial charge in [-0.05, 0) is 43.7 Å². The van der Waals surface area contributed by atoms with Crippen LogP contribution in [0.3, 0.4) is 0 Å². The first-order chi connectivity index (χ1) is 6.85. The number of rotatable bonds is 10. The van der Waals surface area contributed by atoms with Gasteiger partial charge in [-0.15, -0.1) is 16.5 Å². The Labute approximate surface area is 94.2 Å². The standard InChI is InChI=1S/C12H28P2/c1-4-13-11-9-7-8-10-12-14(5-2)6-3/h13H,4-12H2,1-3H3. The van der Waals surface area contributed by atoms with Crippen LogP contribution in [0.2, 0.25) is 0 Å². The van der Waals surface area contributed by atoms with Gasteiger partial charge in [0.2, 0.25) is 0 Å². The highest BCUT2D eigenvalue weighted by Gasteiger charge is 2.00. The molecule has 0 aromatic heterocycles. The SMILES string of the molecule is CCPCCCCCCP(CC)CC. The minimum absolute atomic E-state index is 0.418. The average molecular weight is 234 g/mol. The Morgan fingerprint density at radius 1 is 0.857 bits per heavy atom. The van der Waals surface area contributed by atoms with E-state index in [2.05, 4.69) is 20.8 Å². The fraction of sp³-hybridized carbons (Fsp3) is 1.00. The van der Waals surface area contributed by atoms with Crippen molar-refractivity contribution in [2.45, 2.75) is 46.5 Å². The van der Waals surface area contributed by atoms with Gasteiger partial charge in [-0.25, -0.2) is 0 Å². The maximum atomic E-state index is 2.36. The Hall–Kier alpha value is 0.860. The van der Waals surface area contributed by atoms with Crippen LogP contribution < -0.4 is 0 Å². The molecule has 0 aliphatic heterocycles. The van der Waals surface area contributed by atoms with Crippen molar-refractivity contribution in [2.75, 3.05) is 30.8 Å². The fourth-order valence-electron chi connectivity index (χ4n) is 1.66. The molecule has 0 aromatic carbocycles. The monoisotopic (exact) mass is 234 g/mol. The molecule has 0 saturated heterocycles. The normalized spacial score (nSPS) is 12.0. The first-order valence-corrected chi connectivity index (χ1v) is 9.59. The highest BCUT2D eigenvalue weighted by Crippen LogP contribution is 2.35. The van der Waals surface area contributed by atoms with Crippen LogP contribution >= 0.6 is 16.5 Å². The summed E-state index contributed by atoms with van der Waals surface area (Å²) in [6, 6.07) is 0. The van der Waals surface area contributed by atoms with Gasteiger partial charge in [0.05, 0.1) is 0 Å². The lowest BCUT2D eigenvalue weighted by Gasteiger charge is -2.12. The molecule has 0 aliphatic carbocycles. The Bertz CT molecular complexity index is 100. The number of hydrogen-bond donors (Lipinski definition) is 0. The van der Waals surface area contributed by atoms with E-state index in [9.17, 15) is 0 Å². The summed E-state index contributed by atoms with van der Waals surface area (Å²) in [5.74, 6) is 0. The maximum absolute atomic E-state index is 2.36. The van der Waals surface area contributed by atoms with E-state index in [-0.39, 0.29) is 0 Å². The molecule has 0 heterocycles. The Balaban J connectivity index is 3.04. The molecule has 14 heavy (non-hydrogen) atoms. The van der Waals surface area contributed by atoms with Crippen LogP contribution in [0.25, 0.3) is 0 Å². The molecule has 0 bridgehead atoms. The van der Waals surface area contributed by atoms with E-state index in [1.807, 2.05) is 0 Å². The van der Waals surface area contributed by atoms with Crippen molar-refractivity contribution >= 4 is 16.5 Å². The summed E-state index contributed by atoms with van der Waals surface area (Å²) < 4.78 is 0. The minimum atomic E-state index is 0.418. The zero-order valence-corrected chi connectivity index (χ0v) is 12.2. The van der Waals surface area contributed by atoms with Gasteiger partial charge >= 0.3 is 0 Å². The minimum Gasteiger partial charge on any atom is -0.122 e. The zero-order valence-electron chi connectivity index (χ0n) is 10.3. The van der Waals surface area contributed by atoms with Crippen LogP contribution in [0.5, 0.6) is 0 Å². The molecule has 0 nitrogen and oxygen atoms in total. The van der Waals surface area contributed by atoms with Gasteiger partial charge in [-0.1, -0.05) is 33.6 Å². The average Bonchev–Trinajstić information content (AvgIpc) is 2.22. The summed E-state index contributed by atoms with van der Waals surface area (Å²) in [6.45, 7) is 7.02. The summed E-state index contributed by atoms with van der Waals surface area (Å²) in [7, 11) is 1.64. The highest BCUT2D eigenvalue weighted by molar-refractivity contribution is 7.57. The lowest BCUT2D eigenvalue weighted by molar-refractivity contribution is 0.708. The lowest BCUT2D eigenvalue weighted by Crippen LogP contribution is -1.90. The van der Waals surface area contributed by atoms with Gasteiger partial charge in [-0.2, -0.15) is 0 Å². The number of hydrogen-bond acceptors (Lipinski definition) is 0. The van der Waals surface area contributed by atoms with Crippen molar-refractivity contribution in [2.24, 2.45) is 0 Å². The molecule has 2 heteroatoms. The van der Waals surface area contributed by atoms with Gasteiger partial charge in [0.15, 0.2) is 0 Å². The zero-order chi connectivity index (χ0) is 10.6. The van der Waals surface area contributed by atoms with Crippen LogP contribution in [0.1, 0.15) is 46.5 Å². The summed E-state index contributed by atoms with van der Waals surface area (Å²) in [5.41, 5.74) is 0. The summed E-state index contributed by atoms with van der Waals surface area (Å²) in [4.78, 5) is 0. The Kier molecular flexibility index (Phi) is 12.7. The van der Waals surface area contributed by atoms with Gasteiger partial charge < -0.3 is 0 Å². The first kappa shape index (κ1) is 14.9. The molecule has 1 atom stereocenters. The second-order valence-corrected chi connectivity index (χ2v) is 8.56. The molecule has 0 aliphatic rings. The molecule has 0 saturated carbocycles. The van der Waals surface area contributed by atoms with E-state index in [1.165, 1.54) is 58.9 Å². The second kappa shape index (κ2) is 11.9. The lowest BCUT2D eigenvalue weighted by atomic mass is 10.2. The quantitative estimate of drug-likeness (QED) is 0.377. The molecule has 0 N–H and O–H groups in total. The summed E-state index contributed by atoms with van der Waals surface area (Å²) in [5, 5.41) is 0. The van der Waals surface area contributed by atoms with Crippen molar-refractivity contribution in [1.82, 2.24) is 0 Å². The maximum Gasteiger partial charge on any atom is -0.0326 e. The molecule has 0 rings (SSSR count). The summed E-state index contributed by atoms with van der Waals surface area (Å²) in [6.07, 6.45) is 13.3. The van der Waals surface area contributed by atoms with Crippen LogP contribution in [-0.4, -0.2) is 30.8 Å². The number of unbranched alkanes of at least 4 members (excludes halogenated alkanes) is 3. The van der Waals surface area contributed by atoms with E-state index in [4.69, 9.17) is 0 Å².